The van der Waals surface area contributed by atoms with Crippen LogP contribution in [0.2, 0.25) is 0 Å². The number of nitrogens with zero attached hydrogens (tertiary/aromatic N) is 2. The molecule has 1 saturated heterocycles. The first kappa shape index (κ1) is 14.7. The quantitative estimate of drug-likeness (QED) is 0.892. The molecule has 1 fully saturated rings. The third kappa shape index (κ3) is 2.72. The minimum atomic E-state index is -0.0465. The van der Waals surface area contributed by atoms with E-state index in [2.05, 4.69) is 25.8 Å². The van der Waals surface area contributed by atoms with Crippen LogP contribution in [0.25, 0.3) is 0 Å². The number of aromatic hydroxyl groups is 1. The summed E-state index contributed by atoms with van der Waals surface area (Å²) in [6.45, 7) is 5.63. The minimum absolute atomic E-state index is 0.00595. The smallest absolute Gasteiger partial charge is 0.254 e. The van der Waals surface area contributed by atoms with E-state index in [4.69, 9.17) is 4.74 Å². The van der Waals surface area contributed by atoms with Crippen molar-refractivity contribution in [2.24, 2.45) is 0 Å². The van der Waals surface area contributed by atoms with Gasteiger partial charge in [0.2, 0.25) is 0 Å². The molecule has 1 aromatic carbocycles. The van der Waals surface area contributed by atoms with Gasteiger partial charge in [-0.05, 0) is 39.1 Å². The lowest BCUT2D eigenvalue weighted by molar-refractivity contribution is 0.0414. The Morgan fingerprint density at radius 3 is 2.40 bits per heavy atom. The lowest BCUT2D eigenvalue weighted by Crippen LogP contribution is -2.56. The van der Waals surface area contributed by atoms with Crippen LogP contribution in [0.5, 0.6) is 11.5 Å². The lowest BCUT2D eigenvalue weighted by Gasteiger charge is -2.42. The van der Waals surface area contributed by atoms with E-state index in [-0.39, 0.29) is 11.7 Å². The number of carbonyl (C=O) groups excluding carboxylic acids is 1. The Morgan fingerprint density at radius 1 is 1.30 bits per heavy atom. The number of ether oxygens (including phenoxy) is 1. The van der Waals surface area contributed by atoms with Crippen molar-refractivity contribution in [3.05, 3.63) is 23.8 Å². The van der Waals surface area contributed by atoms with E-state index in [0.29, 0.717) is 36.5 Å². The highest BCUT2D eigenvalue weighted by Gasteiger charge is 2.29. The summed E-state index contributed by atoms with van der Waals surface area (Å²) in [5.74, 6) is 0.324. The molecule has 0 aromatic heterocycles. The van der Waals surface area contributed by atoms with Crippen LogP contribution in [0.1, 0.15) is 24.2 Å². The van der Waals surface area contributed by atoms with E-state index in [1.807, 2.05) is 4.90 Å². The normalized spacial score (nSPS) is 23.7. The molecule has 1 amide bonds. The molecule has 110 valence electrons. The fourth-order valence-electron chi connectivity index (χ4n) is 2.58. The molecule has 5 heteroatoms. The van der Waals surface area contributed by atoms with Gasteiger partial charge in [-0.25, -0.2) is 0 Å². The van der Waals surface area contributed by atoms with E-state index in [1.165, 1.54) is 13.2 Å². The molecule has 0 radical (unpaired) electrons. The maximum absolute atomic E-state index is 12.5. The number of piperazine rings is 1. The highest BCUT2D eigenvalue weighted by molar-refractivity contribution is 5.95. The fraction of sp³-hybridized carbons (Fsp3) is 0.533. The van der Waals surface area contributed by atoms with Crippen LogP contribution in [0.15, 0.2) is 18.2 Å². The van der Waals surface area contributed by atoms with Gasteiger partial charge in [-0.15, -0.1) is 0 Å². The molecule has 20 heavy (non-hydrogen) atoms. The van der Waals surface area contributed by atoms with Crippen molar-refractivity contribution in [3.8, 4) is 11.5 Å². The Bertz CT molecular complexity index is 492. The summed E-state index contributed by atoms with van der Waals surface area (Å²) < 4.78 is 4.99. The van der Waals surface area contributed by atoms with Crippen LogP contribution in [-0.2, 0) is 0 Å². The highest BCUT2D eigenvalue weighted by Crippen LogP contribution is 2.27. The minimum Gasteiger partial charge on any atom is -0.504 e. The van der Waals surface area contributed by atoms with E-state index in [9.17, 15) is 9.90 Å². The lowest BCUT2D eigenvalue weighted by atomic mass is 10.1. The van der Waals surface area contributed by atoms with Gasteiger partial charge in [-0.1, -0.05) is 0 Å². The molecule has 5 nitrogen and oxygen atoms in total. The molecule has 0 spiro atoms. The number of phenols is 1. The Labute approximate surface area is 119 Å². The summed E-state index contributed by atoms with van der Waals surface area (Å²) in [5.41, 5.74) is 0.493. The molecule has 1 heterocycles. The highest BCUT2D eigenvalue weighted by atomic mass is 16.5. The molecule has 0 bridgehead atoms. The summed E-state index contributed by atoms with van der Waals surface area (Å²) in [5, 5.41) is 9.78. The van der Waals surface area contributed by atoms with E-state index in [1.54, 1.807) is 12.1 Å². The predicted octanol–water partition coefficient (Wildman–Crippen LogP) is 1.57. The van der Waals surface area contributed by atoms with Crippen molar-refractivity contribution in [3.63, 3.8) is 0 Å². The van der Waals surface area contributed by atoms with Crippen molar-refractivity contribution in [2.75, 3.05) is 27.2 Å². The van der Waals surface area contributed by atoms with Gasteiger partial charge in [0.1, 0.15) is 0 Å². The summed E-state index contributed by atoms with van der Waals surface area (Å²) in [7, 11) is 3.57. The SMILES string of the molecule is COc1ccc(C(=O)N2CC(C)N(C)C(C)C2)cc1O. The maximum atomic E-state index is 12.5. The number of carbonyl (C=O) groups is 1. The maximum Gasteiger partial charge on any atom is 0.254 e. The standard InChI is InChI=1S/C15H22N2O3/c1-10-8-17(9-11(2)16(10)3)15(19)12-5-6-14(20-4)13(18)7-12/h5-7,10-11,18H,8-9H2,1-4H3. The van der Waals surface area contributed by atoms with Crippen LogP contribution in [0.4, 0.5) is 0 Å². The molecule has 0 saturated carbocycles. The molecule has 0 aliphatic carbocycles. The average Bonchev–Trinajstić information content (AvgIpc) is 2.43. The molecule has 2 unspecified atom stereocenters. The van der Waals surface area contributed by atoms with Gasteiger partial charge in [0, 0.05) is 30.7 Å². The number of likely N-dealkylation sites (N-methyl/N-ethyl adjacent to an activating group) is 1. The van der Waals surface area contributed by atoms with Crippen molar-refractivity contribution in [1.82, 2.24) is 9.80 Å². The third-order valence-corrected chi connectivity index (χ3v) is 4.07. The van der Waals surface area contributed by atoms with E-state index in [0.717, 1.165) is 0 Å². The first-order valence-electron chi connectivity index (χ1n) is 6.82. The summed E-state index contributed by atoms with van der Waals surface area (Å²) in [6, 6.07) is 5.43. The van der Waals surface area contributed by atoms with Gasteiger partial charge >= 0.3 is 0 Å². The number of benzene rings is 1. The molecule has 1 aliphatic rings. The second-order valence-electron chi connectivity index (χ2n) is 5.46. The zero-order valence-electron chi connectivity index (χ0n) is 12.5. The molecule has 1 N–H and O–H groups in total. The fourth-order valence-corrected chi connectivity index (χ4v) is 2.58. The van der Waals surface area contributed by atoms with Gasteiger partial charge in [0.15, 0.2) is 11.5 Å². The Morgan fingerprint density at radius 2 is 1.90 bits per heavy atom. The second kappa shape index (κ2) is 5.71. The Kier molecular flexibility index (Phi) is 4.18. The number of phenolic OH excluding ortho intramolecular Hbond substituents is 1. The van der Waals surface area contributed by atoms with Gasteiger partial charge in [-0.2, -0.15) is 0 Å². The average molecular weight is 278 g/mol. The monoisotopic (exact) mass is 278 g/mol. The number of amides is 1. The van der Waals surface area contributed by atoms with Crippen LogP contribution in [-0.4, -0.2) is 60.1 Å². The largest absolute Gasteiger partial charge is 0.504 e. The van der Waals surface area contributed by atoms with Crippen molar-refractivity contribution in [2.45, 2.75) is 25.9 Å². The van der Waals surface area contributed by atoms with Crippen LogP contribution < -0.4 is 4.74 Å². The predicted molar refractivity (Wildman–Crippen MR) is 77.2 cm³/mol. The molecule has 1 aliphatic heterocycles. The summed E-state index contributed by atoms with van der Waals surface area (Å²) in [6.07, 6.45) is 0. The second-order valence-corrected chi connectivity index (χ2v) is 5.46. The van der Waals surface area contributed by atoms with Crippen LogP contribution >= 0.6 is 0 Å². The van der Waals surface area contributed by atoms with Crippen LogP contribution in [0.3, 0.4) is 0 Å². The summed E-state index contributed by atoms with van der Waals surface area (Å²) in [4.78, 5) is 16.6. The van der Waals surface area contributed by atoms with Crippen LogP contribution in [0, 0.1) is 0 Å². The van der Waals surface area contributed by atoms with E-state index < -0.39 is 0 Å². The number of hydrogen-bond donors (Lipinski definition) is 1. The van der Waals surface area contributed by atoms with Gasteiger partial charge in [-0.3, -0.25) is 9.69 Å². The number of methoxy groups -OCH3 is 1. The molecule has 2 rings (SSSR count). The molecule has 2 atom stereocenters. The zero-order valence-corrected chi connectivity index (χ0v) is 12.5. The van der Waals surface area contributed by atoms with Gasteiger partial charge in [0.25, 0.3) is 5.91 Å². The first-order chi connectivity index (χ1) is 9.43. The summed E-state index contributed by atoms with van der Waals surface area (Å²) >= 11 is 0. The molecular formula is C15H22N2O3. The Balaban J connectivity index is 2.17. The topological polar surface area (TPSA) is 53.0 Å². The number of rotatable bonds is 2. The van der Waals surface area contributed by atoms with Crippen molar-refractivity contribution in [1.29, 1.82) is 0 Å². The van der Waals surface area contributed by atoms with Crippen molar-refractivity contribution < 1.29 is 14.6 Å². The van der Waals surface area contributed by atoms with Gasteiger partial charge in [0.05, 0.1) is 7.11 Å². The zero-order chi connectivity index (χ0) is 14.9. The van der Waals surface area contributed by atoms with E-state index >= 15 is 0 Å². The van der Waals surface area contributed by atoms with Gasteiger partial charge < -0.3 is 14.7 Å². The van der Waals surface area contributed by atoms with Crippen molar-refractivity contribution >= 4 is 5.91 Å². The molecular weight excluding hydrogens is 256 g/mol. The Hall–Kier alpha value is -1.75. The third-order valence-electron chi connectivity index (χ3n) is 4.07. The first-order valence-corrected chi connectivity index (χ1v) is 6.82. The number of hydrogen-bond acceptors (Lipinski definition) is 4. The molecule has 1 aromatic rings.